The Labute approximate surface area is 181 Å². The van der Waals surface area contributed by atoms with Gasteiger partial charge in [-0.1, -0.05) is 19.3 Å². The van der Waals surface area contributed by atoms with Gasteiger partial charge in [0.1, 0.15) is 0 Å². The van der Waals surface area contributed by atoms with E-state index in [1.54, 1.807) is 0 Å². The Morgan fingerprint density at radius 1 is 1.14 bits per heavy atom. The number of rotatable bonds is 9. The summed E-state index contributed by atoms with van der Waals surface area (Å²) >= 11 is 2.10. The minimum Gasteiger partial charge on any atom is -0.381 e. The van der Waals surface area contributed by atoms with Crippen molar-refractivity contribution in [2.75, 3.05) is 71.2 Å². The maximum Gasteiger partial charge on any atom is 0.191 e. The van der Waals surface area contributed by atoms with Crippen LogP contribution in [0.4, 0.5) is 0 Å². The van der Waals surface area contributed by atoms with E-state index in [0.717, 1.165) is 64.7 Å². The Morgan fingerprint density at radius 2 is 1.90 bits per heavy atom. The largest absolute Gasteiger partial charge is 0.381 e. The molecule has 2 heterocycles. The molecule has 1 saturated carbocycles. The van der Waals surface area contributed by atoms with Crippen LogP contribution in [0, 0.1) is 5.92 Å². The SMILES string of the molecule is CN=C(NCCCOCC1CCOCC1)NCC1(N2CCSCC2)CCCCC1. The third-order valence-corrected chi connectivity index (χ3v) is 7.67. The van der Waals surface area contributed by atoms with Crippen molar-refractivity contribution in [1.82, 2.24) is 15.5 Å². The van der Waals surface area contributed by atoms with Crippen LogP contribution in [0.1, 0.15) is 51.4 Å². The summed E-state index contributed by atoms with van der Waals surface area (Å²) in [5.41, 5.74) is 0.323. The average molecular weight is 427 g/mol. The van der Waals surface area contributed by atoms with Crippen LogP contribution < -0.4 is 10.6 Å². The summed E-state index contributed by atoms with van der Waals surface area (Å²) < 4.78 is 11.3. The fourth-order valence-electron chi connectivity index (χ4n) is 4.87. The van der Waals surface area contributed by atoms with Gasteiger partial charge in [0.2, 0.25) is 0 Å². The monoisotopic (exact) mass is 426 g/mol. The zero-order valence-electron chi connectivity index (χ0n) is 18.4. The van der Waals surface area contributed by atoms with Gasteiger partial charge in [0.05, 0.1) is 0 Å². The Hall–Kier alpha value is -0.500. The Bertz CT molecular complexity index is 473. The summed E-state index contributed by atoms with van der Waals surface area (Å²) in [6.07, 6.45) is 10.1. The Balaban J connectivity index is 1.34. The third-order valence-electron chi connectivity index (χ3n) is 6.73. The van der Waals surface area contributed by atoms with E-state index in [9.17, 15) is 0 Å². The number of aliphatic imine (C=N–C) groups is 1. The molecule has 0 aromatic heterocycles. The minimum absolute atomic E-state index is 0.323. The quantitative estimate of drug-likeness (QED) is 0.336. The van der Waals surface area contributed by atoms with E-state index in [1.165, 1.54) is 56.7 Å². The highest BCUT2D eigenvalue weighted by molar-refractivity contribution is 7.99. The summed E-state index contributed by atoms with van der Waals surface area (Å²) in [5, 5.41) is 7.14. The Morgan fingerprint density at radius 3 is 2.62 bits per heavy atom. The van der Waals surface area contributed by atoms with Crippen LogP contribution in [0.15, 0.2) is 4.99 Å². The van der Waals surface area contributed by atoms with Gasteiger partial charge in [-0.2, -0.15) is 11.8 Å². The van der Waals surface area contributed by atoms with Crippen LogP contribution in [0.2, 0.25) is 0 Å². The molecule has 0 amide bonds. The molecule has 0 unspecified atom stereocenters. The Kier molecular flexibility index (Phi) is 10.4. The molecular formula is C22H42N4O2S. The summed E-state index contributed by atoms with van der Waals surface area (Å²) in [7, 11) is 1.88. The van der Waals surface area contributed by atoms with Crippen molar-refractivity contribution < 1.29 is 9.47 Å². The van der Waals surface area contributed by atoms with Crippen molar-refractivity contribution in [2.45, 2.75) is 56.9 Å². The van der Waals surface area contributed by atoms with E-state index in [-0.39, 0.29) is 0 Å². The van der Waals surface area contributed by atoms with Crippen molar-refractivity contribution >= 4 is 17.7 Å². The fourth-order valence-corrected chi connectivity index (χ4v) is 5.77. The molecule has 6 nitrogen and oxygen atoms in total. The van der Waals surface area contributed by atoms with Crippen molar-refractivity contribution in [3.63, 3.8) is 0 Å². The summed E-state index contributed by atoms with van der Waals surface area (Å²) in [6, 6.07) is 0. The van der Waals surface area contributed by atoms with Crippen molar-refractivity contribution in [3.8, 4) is 0 Å². The van der Waals surface area contributed by atoms with Crippen molar-refractivity contribution in [3.05, 3.63) is 0 Å². The van der Waals surface area contributed by atoms with Gasteiger partial charge in [0.25, 0.3) is 0 Å². The zero-order chi connectivity index (χ0) is 20.2. The predicted octanol–water partition coefficient (Wildman–Crippen LogP) is 2.74. The van der Waals surface area contributed by atoms with E-state index in [4.69, 9.17) is 9.47 Å². The lowest BCUT2D eigenvalue weighted by molar-refractivity contribution is 0.0203. The second kappa shape index (κ2) is 13.0. The van der Waals surface area contributed by atoms with Gasteiger partial charge in [-0.3, -0.25) is 9.89 Å². The number of hydrogen-bond acceptors (Lipinski definition) is 5. The van der Waals surface area contributed by atoms with E-state index >= 15 is 0 Å². The average Bonchev–Trinajstić information content (AvgIpc) is 2.80. The standard InChI is InChI=1S/C22H42N4O2S/c1-23-21(24-10-5-13-28-18-20-6-14-27-15-7-20)25-19-22(8-3-2-4-9-22)26-11-16-29-17-12-26/h20H,2-19H2,1H3,(H2,23,24,25). The van der Waals surface area contributed by atoms with Crippen LogP contribution in [-0.2, 0) is 9.47 Å². The van der Waals surface area contributed by atoms with Gasteiger partial charge in [-0.25, -0.2) is 0 Å². The molecule has 3 aliphatic rings. The molecule has 29 heavy (non-hydrogen) atoms. The first-order valence-electron chi connectivity index (χ1n) is 11.8. The third kappa shape index (κ3) is 7.60. The molecule has 3 fully saturated rings. The lowest BCUT2D eigenvalue weighted by atomic mass is 9.80. The van der Waals surface area contributed by atoms with E-state index in [1.807, 2.05) is 7.05 Å². The van der Waals surface area contributed by atoms with E-state index in [2.05, 4.69) is 32.3 Å². The molecule has 2 aliphatic heterocycles. The first-order valence-corrected chi connectivity index (χ1v) is 12.9. The lowest BCUT2D eigenvalue weighted by Crippen LogP contribution is -2.59. The molecule has 1 aliphatic carbocycles. The van der Waals surface area contributed by atoms with Crippen molar-refractivity contribution in [1.29, 1.82) is 0 Å². The van der Waals surface area contributed by atoms with Gasteiger partial charge in [0.15, 0.2) is 5.96 Å². The maximum absolute atomic E-state index is 5.87. The molecule has 0 atom stereocenters. The maximum atomic E-state index is 5.87. The molecular weight excluding hydrogens is 384 g/mol. The van der Waals surface area contributed by atoms with Gasteiger partial charge in [-0.15, -0.1) is 0 Å². The highest BCUT2D eigenvalue weighted by Crippen LogP contribution is 2.34. The minimum atomic E-state index is 0.323. The van der Waals surface area contributed by atoms with Crippen molar-refractivity contribution in [2.24, 2.45) is 10.9 Å². The van der Waals surface area contributed by atoms with Crippen LogP contribution in [0.25, 0.3) is 0 Å². The smallest absolute Gasteiger partial charge is 0.191 e. The first kappa shape index (κ1) is 23.2. The van der Waals surface area contributed by atoms with Gasteiger partial charge >= 0.3 is 0 Å². The molecule has 0 spiro atoms. The molecule has 0 aromatic carbocycles. The van der Waals surface area contributed by atoms with Gasteiger partial charge < -0.3 is 20.1 Å². The normalized spacial score (nSPS) is 24.4. The molecule has 0 radical (unpaired) electrons. The summed E-state index contributed by atoms with van der Waals surface area (Å²) in [6.45, 7) is 7.89. The number of thioether (sulfide) groups is 1. The summed E-state index contributed by atoms with van der Waals surface area (Å²) in [5.74, 6) is 4.18. The highest BCUT2D eigenvalue weighted by Gasteiger charge is 2.38. The predicted molar refractivity (Wildman–Crippen MR) is 123 cm³/mol. The topological polar surface area (TPSA) is 58.1 Å². The van der Waals surface area contributed by atoms with E-state index in [0.29, 0.717) is 11.5 Å². The second-order valence-corrected chi connectivity index (χ2v) is 9.95. The van der Waals surface area contributed by atoms with Gasteiger partial charge in [0, 0.05) is 76.7 Å². The van der Waals surface area contributed by atoms with Crippen LogP contribution >= 0.6 is 11.8 Å². The van der Waals surface area contributed by atoms with Gasteiger partial charge in [-0.05, 0) is 38.0 Å². The zero-order valence-corrected chi connectivity index (χ0v) is 19.2. The lowest BCUT2D eigenvalue weighted by Gasteiger charge is -2.48. The van der Waals surface area contributed by atoms with Crippen LogP contribution in [-0.4, -0.2) is 87.6 Å². The molecule has 0 bridgehead atoms. The molecule has 2 saturated heterocycles. The number of hydrogen-bond donors (Lipinski definition) is 2. The van der Waals surface area contributed by atoms with E-state index < -0.39 is 0 Å². The molecule has 3 rings (SSSR count). The summed E-state index contributed by atoms with van der Waals surface area (Å²) in [4.78, 5) is 7.23. The number of guanidine groups is 1. The number of nitrogens with one attached hydrogen (secondary N) is 2. The molecule has 2 N–H and O–H groups in total. The highest BCUT2D eigenvalue weighted by atomic mass is 32.2. The second-order valence-electron chi connectivity index (χ2n) is 8.72. The molecule has 7 heteroatoms. The molecule has 0 aromatic rings. The first-order chi connectivity index (χ1) is 14.3. The fraction of sp³-hybridized carbons (Fsp3) is 0.955. The number of nitrogens with zero attached hydrogens (tertiary/aromatic N) is 2. The number of ether oxygens (including phenoxy) is 2. The van der Waals surface area contributed by atoms with Crippen LogP contribution in [0.3, 0.4) is 0 Å². The van der Waals surface area contributed by atoms with Crippen LogP contribution in [0.5, 0.6) is 0 Å². The molecule has 168 valence electrons.